The molecular formula is C15H12N4O. The number of rotatable bonds is 2. The molecule has 0 saturated heterocycles. The molecule has 0 bridgehead atoms. The number of furan rings is 1. The Morgan fingerprint density at radius 3 is 2.90 bits per heavy atom. The molecule has 0 fully saturated rings. The van der Waals surface area contributed by atoms with Crippen LogP contribution in [0.5, 0.6) is 0 Å². The summed E-state index contributed by atoms with van der Waals surface area (Å²) in [7, 11) is 1.91. The molecule has 4 aromatic rings. The predicted molar refractivity (Wildman–Crippen MR) is 76.0 cm³/mol. The molecule has 0 saturated carbocycles. The number of nitrogens with one attached hydrogen (secondary N) is 1. The number of hydrogen-bond acceptors (Lipinski definition) is 3. The minimum atomic E-state index is 0.863. The second kappa shape index (κ2) is 4.09. The van der Waals surface area contributed by atoms with Crippen molar-refractivity contribution in [2.24, 2.45) is 7.05 Å². The smallest absolute Gasteiger partial charge is 0.138 e. The van der Waals surface area contributed by atoms with Gasteiger partial charge in [0.15, 0.2) is 0 Å². The van der Waals surface area contributed by atoms with Crippen LogP contribution in [-0.2, 0) is 7.05 Å². The molecule has 20 heavy (non-hydrogen) atoms. The van der Waals surface area contributed by atoms with E-state index in [1.807, 2.05) is 37.8 Å². The molecule has 4 rings (SSSR count). The first kappa shape index (κ1) is 11.0. The molecule has 0 aliphatic carbocycles. The molecule has 0 aliphatic rings. The molecule has 0 unspecified atom stereocenters. The van der Waals surface area contributed by atoms with Gasteiger partial charge >= 0.3 is 0 Å². The summed E-state index contributed by atoms with van der Waals surface area (Å²) in [5, 5.41) is 5.32. The summed E-state index contributed by atoms with van der Waals surface area (Å²) < 4.78 is 6.99. The van der Waals surface area contributed by atoms with E-state index >= 15 is 0 Å². The van der Waals surface area contributed by atoms with Crippen molar-refractivity contribution in [1.82, 2.24) is 19.7 Å². The van der Waals surface area contributed by atoms with Crippen LogP contribution in [-0.4, -0.2) is 19.7 Å². The van der Waals surface area contributed by atoms with Crippen LogP contribution < -0.4 is 0 Å². The lowest BCUT2D eigenvalue weighted by molar-refractivity contribution is 0.568. The van der Waals surface area contributed by atoms with Crippen LogP contribution in [0.3, 0.4) is 0 Å². The van der Waals surface area contributed by atoms with Crippen molar-refractivity contribution in [2.75, 3.05) is 0 Å². The van der Waals surface area contributed by atoms with Gasteiger partial charge in [0, 0.05) is 47.7 Å². The van der Waals surface area contributed by atoms with Crippen molar-refractivity contribution in [3.63, 3.8) is 0 Å². The van der Waals surface area contributed by atoms with Crippen LogP contribution >= 0.6 is 0 Å². The Morgan fingerprint density at radius 2 is 2.15 bits per heavy atom. The molecule has 1 N–H and O–H groups in total. The van der Waals surface area contributed by atoms with Gasteiger partial charge in [-0.15, -0.1) is 0 Å². The van der Waals surface area contributed by atoms with E-state index in [2.05, 4.69) is 15.1 Å². The van der Waals surface area contributed by atoms with Crippen LogP contribution in [0.15, 0.2) is 53.9 Å². The average molecular weight is 264 g/mol. The van der Waals surface area contributed by atoms with E-state index < -0.39 is 0 Å². The van der Waals surface area contributed by atoms with Gasteiger partial charge in [0.05, 0.1) is 18.7 Å². The fourth-order valence-electron chi connectivity index (χ4n) is 2.50. The number of H-pyrrole nitrogens is 1. The minimum Gasteiger partial charge on any atom is -0.472 e. The fourth-order valence-corrected chi connectivity index (χ4v) is 2.50. The molecule has 0 radical (unpaired) electrons. The minimum absolute atomic E-state index is 0.863. The molecule has 5 heteroatoms. The van der Waals surface area contributed by atoms with Crippen LogP contribution in [0.4, 0.5) is 0 Å². The Labute approximate surface area is 114 Å². The summed E-state index contributed by atoms with van der Waals surface area (Å²) in [4.78, 5) is 7.61. The normalized spacial score (nSPS) is 11.2. The maximum absolute atomic E-state index is 5.20. The molecular weight excluding hydrogens is 252 g/mol. The van der Waals surface area contributed by atoms with E-state index in [4.69, 9.17) is 4.42 Å². The van der Waals surface area contributed by atoms with Crippen LogP contribution in [0, 0.1) is 0 Å². The van der Waals surface area contributed by atoms with Gasteiger partial charge in [0.1, 0.15) is 5.65 Å². The quantitative estimate of drug-likeness (QED) is 0.604. The number of nitrogens with zero attached hydrogens (tertiary/aromatic N) is 3. The Balaban J connectivity index is 2.04. The van der Waals surface area contributed by atoms with E-state index in [9.17, 15) is 0 Å². The van der Waals surface area contributed by atoms with Crippen LogP contribution in [0.2, 0.25) is 0 Å². The number of aryl methyl sites for hydroxylation is 1. The maximum Gasteiger partial charge on any atom is 0.138 e. The molecule has 0 aliphatic heterocycles. The summed E-state index contributed by atoms with van der Waals surface area (Å²) in [5.41, 5.74) is 5.17. The van der Waals surface area contributed by atoms with Crippen molar-refractivity contribution < 1.29 is 4.42 Å². The first-order valence-corrected chi connectivity index (χ1v) is 6.30. The third-order valence-electron chi connectivity index (χ3n) is 3.42. The first-order chi connectivity index (χ1) is 9.83. The maximum atomic E-state index is 5.20. The highest BCUT2D eigenvalue weighted by Gasteiger charge is 2.14. The Morgan fingerprint density at radius 1 is 1.20 bits per heavy atom. The third kappa shape index (κ3) is 1.56. The van der Waals surface area contributed by atoms with Gasteiger partial charge in [-0.05, 0) is 17.7 Å². The van der Waals surface area contributed by atoms with E-state index in [1.54, 1.807) is 23.4 Å². The van der Waals surface area contributed by atoms with Crippen molar-refractivity contribution in [1.29, 1.82) is 0 Å². The molecule has 4 aromatic heterocycles. The van der Waals surface area contributed by atoms with Gasteiger partial charge in [-0.25, -0.2) is 4.98 Å². The standard InChI is InChI=1S/C15H12N4O/c1-19-8-11(6-18-19)13-7-17-15-14(13)12(2-4-16-15)10-3-5-20-9-10/h2-9H,1H3,(H,16,17). The van der Waals surface area contributed by atoms with E-state index in [-0.39, 0.29) is 0 Å². The molecule has 5 nitrogen and oxygen atoms in total. The third-order valence-corrected chi connectivity index (χ3v) is 3.42. The molecule has 0 amide bonds. The first-order valence-electron chi connectivity index (χ1n) is 6.30. The van der Waals surface area contributed by atoms with Gasteiger partial charge in [-0.1, -0.05) is 0 Å². The van der Waals surface area contributed by atoms with Crippen molar-refractivity contribution in [3.8, 4) is 22.3 Å². The SMILES string of the molecule is Cn1cc(-c2c[nH]c3nccc(-c4ccoc4)c23)cn1. The molecule has 0 atom stereocenters. The van der Waals surface area contributed by atoms with Crippen molar-refractivity contribution >= 4 is 11.0 Å². The summed E-state index contributed by atoms with van der Waals surface area (Å²) in [5.74, 6) is 0. The summed E-state index contributed by atoms with van der Waals surface area (Å²) >= 11 is 0. The monoisotopic (exact) mass is 264 g/mol. The van der Waals surface area contributed by atoms with E-state index in [0.29, 0.717) is 0 Å². The highest BCUT2D eigenvalue weighted by Crippen LogP contribution is 2.35. The molecule has 4 heterocycles. The Hall–Kier alpha value is -2.82. The lowest BCUT2D eigenvalue weighted by atomic mass is 10.0. The summed E-state index contributed by atoms with van der Waals surface area (Å²) in [6.07, 6.45) is 11.0. The predicted octanol–water partition coefficient (Wildman–Crippen LogP) is 3.22. The lowest BCUT2D eigenvalue weighted by Gasteiger charge is -2.02. The van der Waals surface area contributed by atoms with Gasteiger partial charge in [0.2, 0.25) is 0 Å². The van der Waals surface area contributed by atoms with Gasteiger partial charge < -0.3 is 9.40 Å². The highest BCUT2D eigenvalue weighted by molar-refractivity contribution is 6.03. The van der Waals surface area contributed by atoms with Crippen molar-refractivity contribution in [2.45, 2.75) is 0 Å². The number of fused-ring (bicyclic) bond motifs is 1. The topological polar surface area (TPSA) is 59.6 Å². The van der Waals surface area contributed by atoms with Crippen molar-refractivity contribution in [3.05, 3.63) is 49.4 Å². The number of aromatic nitrogens is 4. The van der Waals surface area contributed by atoms with Gasteiger partial charge in [-0.3, -0.25) is 4.68 Å². The second-order valence-corrected chi connectivity index (χ2v) is 4.70. The van der Waals surface area contributed by atoms with Crippen LogP contribution in [0.25, 0.3) is 33.3 Å². The van der Waals surface area contributed by atoms with Gasteiger partial charge in [0.25, 0.3) is 0 Å². The second-order valence-electron chi connectivity index (χ2n) is 4.70. The van der Waals surface area contributed by atoms with Crippen LogP contribution in [0.1, 0.15) is 0 Å². The van der Waals surface area contributed by atoms with Gasteiger partial charge in [-0.2, -0.15) is 5.10 Å². The van der Waals surface area contributed by atoms with E-state index in [0.717, 1.165) is 33.3 Å². The number of hydrogen-bond donors (Lipinski definition) is 1. The largest absolute Gasteiger partial charge is 0.472 e. The number of aromatic amines is 1. The molecule has 0 aromatic carbocycles. The Kier molecular flexibility index (Phi) is 2.26. The fraction of sp³-hybridized carbons (Fsp3) is 0.0667. The Bertz CT molecular complexity index is 870. The van der Waals surface area contributed by atoms with E-state index in [1.165, 1.54) is 0 Å². The zero-order valence-corrected chi connectivity index (χ0v) is 10.9. The molecule has 0 spiro atoms. The number of pyridine rings is 1. The summed E-state index contributed by atoms with van der Waals surface area (Å²) in [6.45, 7) is 0. The average Bonchev–Trinajstić information content (AvgIpc) is 3.17. The summed E-state index contributed by atoms with van der Waals surface area (Å²) in [6, 6.07) is 3.95. The zero-order chi connectivity index (χ0) is 13.5. The highest BCUT2D eigenvalue weighted by atomic mass is 16.3. The zero-order valence-electron chi connectivity index (χ0n) is 10.9. The lowest BCUT2D eigenvalue weighted by Crippen LogP contribution is -1.84. The molecule has 98 valence electrons.